The van der Waals surface area contributed by atoms with Gasteiger partial charge >= 0.3 is 0 Å². The highest BCUT2D eigenvalue weighted by Gasteiger charge is 2.27. The smallest absolute Gasteiger partial charge is 0.263 e. The Bertz CT molecular complexity index is 667. The molecule has 2 heterocycles. The second kappa shape index (κ2) is 5.73. The molecule has 3 rings (SSSR count). The van der Waals surface area contributed by atoms with Gasteiger partial charge in [-0.05, 0) is 55.3 Å². The number of hydrogen-bond donors (Lipinski definition) is 1. The average molecular weight is 306 g/mol. The number of nitrogens with zero attached hydrogens (tertiary/aromatic N) is 1. The van der Waals surface area contributed by atoms with Crippen molar-refractivity contribution in [3.63, 3.8) is 0 Å². The van der Waals surface area contributed by atoms with Crippen molar-refractivity contribution in [3.8, 4) is 0 Å². The Hall–Kier alpha value is -1.46. The summed E-state index contributed by atoms with van der Waals surface area (Å²) in [6.45, 7) is 3.50. The number of benzene rings is 1. The number of carbonyl (C=O) groups is 1. The highest BCUT2D eigenvalue weighted by atomic mass is 32.1. The van der Waals surface area contributed by atoms with Gasteiger partial charge in [-0.3, -0.25) is 4.79 Å². The average Bonchev–Trinajstić information content (AvgIpc) is 2.89. The Balaban J connectivity index is 1.82. The minimum atomic E-state index is -0.269. The number of amides is 1. The summed E-state index contributed by atoms with van der Waals surface area (Å²) in [6, 6.07) is 6.54. The Labute approximate surface area is 127 Å². The second-order valence-corrected chi connectivity index (χ2v) is 6.89. The van der Waals surface area contributed by atoms with Crippen molar-refractivity contribution in [2.24, 2.45) is 11.7 Å². The number of rotatable bonds is 2. The molecule has 0 aliphatic carbocycles. The zero-order valence-electron chi connectivity index (χ0n) is 12.0. The topological polar surface area (TPSA) is 46.3 Å². The molecule has 1 aliphatic heterocycles. The lowest BCUT2D eigenvalue weighted by molar-refractivity contribution is 0.0666. The molecule has 2 N–H and O–H groups in total. The fourth-order valence-corrected chi connectivity index (χ4v) is 3.91. The number of fused-ring (bicyclic) bond motifs is 1. The largest absolute Gasteiger partial charge is 0.338 e. The molecule has 1 saturated heterocycles. The van der Waals surface area contributed by atoms with Gasteiger partial charge in [-0.25, -0.2) is 4.39 Å². The van der Waals surface area contributed by atoms with Crippen LogP contribution in [-0.2, 0) is 0 Å². The van der Waals surface area contributed by atoms with Crippen molar-refractivity contribution in [1.29, 1.82) is 0 Å². The molecule has 1 aromatic heterocycles. The molecule has 1 amide bonds. The van der Waals surface area contributed by atoms with E-state index < -0.39 is 0 Å². The van der Waals surface area contributed by atoms with Crippen LogP contribution in [0.4, 0.5) is 4.39 Å². The van der Waals surface area contributed by atoms with E-state index in [1.165, 1.54) is 23.5 Å². The minimum Gasteiger partial charge on any atom is -0.338 e. The molecule has 2 atom stereocenters. The molecule has 1 aromatic carbocycles. The van der Waals surface area contributed by atoms with Crippen molar-refractivity contribution >= 4 is 27.3 Å². The predicted octanol–water partition coefficient (Wildman–Crippen LogP) is 3.24. The first-order valence-electron chi connectivity index (χ1n) is 7.28. The van der Waals surface area contributed by atoms with Gasteiger partial charge in [0, 0.05) is 23.8 Å². The number of nitrogens with two attached hydrogens (primary N) is 1. The molecule has 0 radical (unpaired) electrons. The maximum absolute atomic E-state index is 13.2. The number of likely N-dealkylation sites (tertiary alicyclic amines) is 1. The molecular weight excluding hydrogens is 287 g/mol. The summed E-state index contributed by atoms with van der Waals surface area (Å²) in [4.78, 5) is 15.2. The highest BCUT2D eigenvalue weighted by molar-refractivity contribution is 7.20. The van der Waals surface area contributed by atoms with E-state index in [2.05, 4.69) is 0 Å². The maximum Gasteiger partial charge on any atom is 0.263 e. The monoisotopic (exact) mass is 306 g/mol. The van der Waals surface area contributed by atoms with Gasteiger partial charge in [0.05, 0.1) is 4.88 Å². The first-order chi connectivity index (χ1) is 10.0. The molecular formula is C16H19FN2OS. The zero-order chi connectivity index (χ0) is 15.0. The molecule has 0 spiro atoms. The third-order valence-electron chi connectivity index (χ3n) is 4.18. The number of carbonyl (C=O) groups excluding carboxylic acids is 1. The third kappa shape index (κ3) is 2.94. The van der Waals surface area contributed by atoms with E-state index in [4.69, 9.17) is 5.73 Å². The van der Waals surface area contributed by atoms with Crippen molar-refractivity contribution in [1.82, 2.24) is 4.90 Å². The van der Waals surface area contributed by atoms with Gasteiger partial charge in [-0.15, -0.1) is 11.3 Å². The maximum atomic E-state index is 13.2. The summed E-state index contributed by atoms with van der Waals surface area (Å²) in [5.74, 6) is 0.144. The number of piperidine rings is 1. The molecule has 5 heteroatoms. The van der Waals surface area contributed by atoms with E-state index in [-0.39, 0.29) is 17.8 Å². The normalized spacial score (nSPS) is 20.7. The Morgan fingerprint density at radius 3 is 3.05 bits per heavy atom. The van der Waals surface area contributed by atoms with Crippen LogP contribution in [0.25, 0.3) is 10.1 Å². The second-order valence-electron chi connectivity index (χ2n) is 5.81. The van der Waals surface area contributed by atoms with E-state index in [1.54, 1.807) is 12.1 Å². The number of halogens is 1. The summed E-state index contributed by atoms with van der Waals surface area (Å²) < 4.78 is 14.2. The van der Waals surface area contributed by atoms with E-state index in [0.717, 1.165) is 36.0 Å². The van der Waals surface area contributed by atoms with E-state index in [9.17, 15) is 9.18 Å². The zero-order valence-corrected chi connectivity index (χ0v) is 12.8. The van der Waals surface area contributed by atoms with Crippen LogP contribution in [0.5, 0.6) is 0 Å². The van der Waals surface area contributed by atoms with E-state index in [1.807, 2.05) is 11.8 Å². The Morgan fingerprint density at radius 2 is 2.29 bits per heavy atom. The molecule has 3 nitrogen and oxygen atoms in total. The van der Waals surface area contributed by atoms with Crippen molar-refractivity contribution in [2.75, 3.05) is 13.1 Å². The molecule has 1 fully saturated rings. The summed E-state index contributed by atoms with van der Waals surface area (Å²) >= 11 is 1.43. The number of hydrogen-bond acceptors (Lipinski definition) is 3. The van der Waals surface area contributed by atoms with Crippen LogP contribution in [0.2, 0.25) is 0 Å². The Morgan fingerprint density at radius 1 is 1.48 bits per heavy atom. The SMILES string of the molecule is C[C@@H](N)[C@@H]1CCCN(C(=O)c2cc3cc(F)ccc3s2)C1. The van der Waals surface area contributed by atoms with Gasteiger partial charge in [0.15, 0.2) is 0 Å². The van der Waals surface area contributed by atoms with Gasteiger partial charge < -0.3 is 10.6 Å². The van der Waals surface area contributed by atoms with Crippen molar-refractivity contribution in [2.45, 2.75) is 25.8 Å². The van der Waals surface area contributed by atoms with Gasteiger partial charge in [-0.1, -0.05) is 0 Å². The van der Waals surface area contributed by atoms with Gasteiger partial charge in [-0.2, -0.15) is 0 Å². The molecule has 112 valence electrons. The molecule has 0 saturated carbocycles. The van der Waals surface area contributed by atoms with Gasteiger partial charge in [0.1, 0.15) is 5.82 Å². The Kier molecular flexibility index (Phi) is 3.95. The standard InChI is InChI=1S/C16H19FN2OS/c1-10(18)11-3-2-6-19(9-11)16(20)15-8-12-7-13(17)4-5-14(12)21-15/h4-5,7-8,10-11H,2-3,6,9,18H2,1H3/t10-,11-/m1/s1. The summed E-state index contributed by atoms with van der Waals surface area (Å²) in [6.07, 6.45) is 2.08. The van der Waals surface area contributed by atoms with Crippen LogP contribution in [0.1, 0.15) is 29.4 Å². The van der Waals surface area contributed by atoms with Crippen LogP contribution in [0.3, 0.4) is 0 Å². The lowest BCUT2D eigenvalue weighted by Crippen LogP contribution is -2.44. The van der Waals surface area contributed by atoms with Crippen LogP contribution in [0.15, 0.2) is 24.3 Å². The quantitative estimate of drug-likeness (QED) is 0.926. The summed E-state index contributed by atoms with van der Waals surface area (Å²) in [5, 5.41) is 0.795. The van der Waals surface area contributed by atoms with Crippen molar-refractivity contribution in [3.05, 3.63) is 35.0 Å². The first kappa shape index (κ1) is 14.5. The lowest BCUT2D eigenvalue weighted by Gasteiger charge is -2.34. The van der Waals surface area contributed by atoms with Crippen LogP contribution in [-0.4, -0.2) is 29.9 Å². The third-order valence-corrected chi connectivity index (χ3v) is 5.28. The van der Waals surface area contributed by atoms with Crippen molar-refractivity contribution < 1.29 is 9.18 Å². The first-order valence-corrected chi connectivity index (χ1v) is 8.10. The van der Waals surface area contributed by atoms with Gasteiger partial charge in [0.25, 0.3) is 5.91 Å². The lowest BCUT2D eigenvalue weighted by atomic mass is 9.92. The number of thiophene rings is 1. The molecule has 2 aromatic rings. The highest BCUT2D eigenvalue weighted by Crippen LogP contribution is 2.29. The summed E-state index contributed by atoms with van der Waals surface area (Å²) in [5.41, 5.74) is 5.97. The predicted molar refractivity (Wildman–Crippen MR) is 84.1 cm³/mol. The van der Waals surface area contributed by atoms with Gasteiger partial charge in [0.2, 0.25) is 0 Å². The summed E-state index contributed by atoms with van der Waals surface area (Å²) in [7, 11) is 0. The molecule has 0 bridgehead atoms. The van der Waals surface area contributed by atoms with E-state index in [0.29, 0.717) is 10.8 Å². The molecule has 0 unspecified atom stereocenters. The molecule has 21 heavy (non-hydrogen) atoms. The minimum absolute atomic E-state index is 0.0435. The molecule has 1 aliphatic rings. The fourth-order valence-electron chi connectivity index (χ4n) is 2.90. The fraction of sp³-hybridized carbons (Fsp3) is 0.438. The van der Waals surface area contributed by atoms with Crippen LogP contribution >= 0.6 is 11.3 Å². The van der Waals surface area contributed by atoms with Crippen LogP contribution in [0, 0.1) is 11.7 Å². The van der Waals surface area contributed by atoms with Crippen LogP contribution < -0.4 is 5.73 Å². The van der Waals surface area contributed by atoms with E-state index >= 15 is 0 Å².